The molecule has 0 unspecified atom stereocenters. The summed E-state index contributed by atoms with van der Waals surface area (Å²) in [5.41, 5.74) is 0. The second kappa shape index (κ2) is 10.7. The quantitative estimate of drug-likeness (QED) is 0.206. The third kappa shape index (κ3) is 6.10. The van der Waals surface area contributed by atoms with E-state index in [9.17, 15) is 19.2 Å². The smallest absolute Gasteiger partial charge is 0.303 e. The van der Waals surface area contributed by atoms with E-state index in [1.165, 1.54) is 24.9 Å². The van der Waals surface area contributed by atoms with Crippen molar-refractivity contribution < 1.29 is 42.9 Å². The van der Waals surface area contributed by atoms with Crippen LogP contribution in [0.5, 0.6) is 0 Å². The molecule has 5 atom stereocenters. The normalized spacial score (nSPS) is 25.8. The van der Waals surface area contributed by atoms with E-state index in [1.54, 1.807) is 0 Å². The number of hydrogen-bond acceptors (Lipinski definition) is 11. The molecule has 0 radical (unpaired) electrons. The van der Waals surface area contributed by atoms with Gasteiger partial charge < -0.3 is 23.7 Å². The molecule has 166 valence electrons. The molecule has 2 rings (SSSR count). The van der Waals surface area contributed by atoms with Gasteiger partial charge in [0.25, 0.3) is 0 Å². The first-order chi connectivity index (χ1) is 14.1. The first-order valence-electron chi connectivity index (χ1n) is 8.88. The van der Waals surface area contributed by atoms with E-state index in [4.69, 9.17) is 23.7 Å². The van der Waals surface area contributed by atoms with Crippen molar-refractivity contribution in [3.63, 3.8) is 0 Å². The minimum absolute atomic E-state index is 0.303. The van der Waals surface area contributed by atoms with Crippen molar-refractivity contribution >= 4 is 46.5 Å². The molecule has 1 saturated heterocycles. The molecule has 0 spiro atoms. The number of ether oxygens (including phenoxy) is 5. The molecule has 0 bridgehead atoms. The van der Waals surface area contributed by atoms with Crippen LogP contribution in [0.1, 0.15) is 39.7 Å². The van der Waals surface area contributed by atoms with E-state index >= 15 is 0 Å². The van der Waals surface area contributed by atoms with Gasteiger partial charge in [-0.3, -0.25) is 19.2 Å². The number of hydrogen-bond donors (Lipinski definition) is 0. The monoisotopic (exact) mass is 539 g/mol. The van der Waals surface area contributed by atoms with Gasteiger partial charge in [-0.1, -0.05) is 22.6 Å². The van der Waals surface area contributed by atoms with Gasteiger partial charge in [0.15, 0.2) is 24.5 Å². The Labute approximate surface area is 185 Å². The highest BCUT2D eigenvalue weighted by atomic mass is 127. The maximum absolute atomic E-state index is 11.8. The summed E-state index contributed by atoms with van der Waals surface area (Å²) in [6, 6.07) is 0. The van der Waals surface area contributed by atoms with E-state index < -0.39 is 54.5 Å². The molecule has 1 aliphatic heterocycles. The van der Waals surface area contributed by atoms with E-state index in [-0.39, 0.29) is 6.61 Å². The van der Waals surface area contributed by atoms with Gasteiger partial charge in [-0.2, -0.15) is 5.10 Å². The zero-order valence-corrected chi connectivity index (χ0v) is 18.9. The highest BCUT2D eigenvalue weighted by Crippen LogP contribution is 2.35. The number of esters is 4. The van der Waals surface area contributed by atoms with Crippen molar-refractivity contribution in [3.05, 3.63) is 12.2 Å². The molecule has 30 heavy (non-hydrogen) atoms. The molecule has 1 aromatic rings. The van der Waals surface area contributed by atoms with Crippen molar-refractivity contribution in [2.75, 3.05) is 6.61 Å². The third-order valence-corrected chi connectivity index (χ3v) is 4.66. The standard InChI is InChI=1S/C17H22IN3O9/c1-8(22)26-6-12-14(27-9(2)23)15(28-10(3)24)16(29-11(4)25)17(30-12)21-13(5-18)19-7-20-21/h7,12,14-17H,5-6H2,1-4H3/t12-,14-,15-,16-,17+/m0/s1. The fourth-order valence-electron chi connectivity index (χ4n) is 2.98. The zero-order valence-electron chi connectivity index (χ0n) is 16.8. The minimum Gasteiger partial charge on any atom is -0.463 e. The molecule has 2 heterocycles. The lowest BCUT2D eigenvalue weighted by atomic mass is 9.97. The Morgan fingerprint density at radius 3 is 2.07 bits per heavy atom. The minimum atomic E-state index is -1.25. The summed E-state index contributed by atoms with van der Waals surface area (Å²) >= 11 is 2.07. The second-order valence-corrected chi connectivity index (χ2v) is 7.11. The zero-order chi connectivity index (χ0) is 22.4. The maximum atomic E-state index is 11.8. The number of carbonyl (C=O) groups is 4. The molecule has 1 aliphatic rings. The molecule has 12 nitrogen and oxygen atoms in total. The van der Waals surface area contributed by atoms with Gasteiger partial charge in [-0.25, -0.2) is 9.67 Å². The van der Waals surface area contributed by atoms with E-state index in [1.807, 2.05) is 0 Å². The second-order valence-electron chi connectivity index (χ2n) is 6.34. The van der Waals surface area contributed by atoms with Gasteiger partial charge in [0, 0.05) is 27.7 Å². The average Bonchev–Trinajstić information content (AvgIpc) is 3.10. The first kappa shape index (κ1) is 24.0. The molecular weight excluding hydrogens is 517 g/mol. The Kier molecular flexibility index (Phi) is 8.52. The fraction of sp³-hybridized carbons (Fsp3) is 0.647. The van der Waals surface area contributed by atoms with Crippen molar-refractivity contribution in [1.82, 2.24) is 14.8 Å². The Balaban J connectivity index is 2.53. The lowest BCUT2D eigenvalue weighted by molar-refractivity contribution is -0.270. The number of rotatable bonds is 7. The topological polar surface area (TPSA) is 145 Å². The fourth-order valence-corrected chi connectivity index (χ4v) is 3.53. The molecule has 0 N–H and O–H groups in total. The summed E-state index contributed by atoms with van der Waals surface area (Å²) in [6.45, 7) is 4.40. The summed E-state index contributed by atoms with van der Waals surface area (Å²) < 4.78 is 28.9. The Morgan fingerprint density at radius 2 is 1.53 bits per heavy atom. The van der Waals surface area contributed by atoms with Gasteiger partial charge in [-0.15, -0.1) is 0 Å². The Hall–Kier alpha value is -2.29. The molecule has 0 saturated carbocycles. The number of alkyl halides is 1. The average molecular weight is 539 g/mol. The predicted molar refractivity (Wildman–Crippen MR) is 105 cm³/mol. The van der Waals surface area contributed by atoms with Gasteiger partial charge in [-0.05, 0) is 0 Å². The maximum Gasteiger partial charge on any atom is 0.303 e. The first-order valence-corrected chi connectivity index (χ1v) is 10.4. The van der Waals surface area contributed by atoms with Crippen LogP contribution in [0, 0.1) is 0 Å². The van der Waals surface area contributed by atoms with Gasteiger partial charge in [0.05, 0.1) is 4.43 Å². The van der Waals surface area contributed by atoms with Crippen molar-refractivity contribution in [2.45, 2.75) is 62.8 Å². The Morgan fingerprint density at radius 1 is 0.967 bits per heavy atom. The molecule has 1 aromatic heterocycles. The summed E-state index contributed by atoms with van der Waals surface area (Å²) in [4.78, 5) is 50.7. The summed E-state index contributed by atoms with van der Waals surface area (Å²) in [5, 5.41) is 4.13. The van der Waals surface area contributed by atoms with Crippen molar-refractivity contribution in [3.8, 4) is 0 Å². The molecule has 1 fully saturated rings. The number of nitrogens with zero attached hydrogens (tertiary/aromatic N) is 3. The molecule has 0 aliphatic carbocycles. The number of halogens is 1. The predicted octanol–water partition coefficient (Wildman–Crippen LogP) is 0.469. The third-order valence-electron chi connectivity index (χ3n) is 3.97. The van der Waals surface area contributed by atoms with Crippen LogP contribution in [0.15, 0.2) is 6.33 Å². The SMILES string of the molecule is CC(=O)OC[C@@H]1O[C@@H](n2ncnc2CI)[C@@H](OC(C)=O)[C@@H](OC(C)=O)[C@H]1OC(C)=O. The van der Waals surface area contributed by atoms with Crippen LogP contribution in [-0.4, -0.2) is 69.7 Å². The van der Waals surface area contributed by atoms with Crippen LogP contribution in [0.3, 0.4) is 0 Å². The van der Waals surface area contributed by atoms with Crippen LogP contribution in [-0.2, 0) is 47.3 Å². The summed E-state index contributed by atoms with van der Waals surface area (Å²) in [7, 11) is 0. The molecule has 0 aromatic carbocycles. The molecular formula is C17H22IN3O9. The van der Waals surface area contributed by atoms with E-state index in [2.05, 4.69) is 32.7 Å². The number of carbonyl (C=O) groups excluding carboxylic acids is 4. The lowest BCUT2D eigenvalue weighted by Gasteiger charge is -2.44. The van der Waals surface area contributed by atoms with E-state index in [0.29, 0.717) is 10.3 Å². The molecule has 0 amide bonds. The van der Waals surface area contributed by atoms with Crippen LogP contribution in [0.25, 0.3) is 0 Å². The number of aromatic nitrogens is 3. The highest BCUT2D eigenvalue weighted by molar-refractivity contribution is 14.1. The van der Waals surface area contributed by atoms with Crippen LogP contribution < -0.4 is 0 Å². The van der Waals surface area contributed by atoms with Crippen molar-refractivity contribution in [1.29, 1.82) is 0 Å². The largest absolute Gasteiger partial charge is 0.463 e. The van der Waals surface area contributed by atoms with Gasteiger partial charge in [0.1, 0.15) is 24.9 Å². The van der Waals surface area contributed by atoms with Crippen LogP contribution in [0.2, 0.25) is 0 Å². The Bertz CT molecular complexity index is 799. The highest BCUT2D eigenvalue weighted by Gasteiger charge is 2.53. The lowest BCUT2D eigenvalue weighted by Crippen LogP contribution is -2.60. The van der Waals surface area contributed by atoms with Crippen LogP contribution >= 0.6 is 22.6 Å². The van der Waals surface area contributed by atoms with Gasteiger partial charge in [0.2, 0.25) is 0 Å². The van der Waals surface area contributed by atoms with Gasteiger partial charge >= 0.3 is 23.9 Å². The molecule has 13 heteroatoms. The summed E-state index contributed by atoms with van der Waals surface area (Å²) in [5.74, 6) is -2.16. The van der Waals surface area contributed by atoms with Crippen molar-refractivity contribution in [2.24, 2.45) is 0 Å². The van der Waals surface area contributed by atoms with Crippen LogP contribution in [0.4, 0.5) is 0 Å². The summed E-state index contributed by atoms with van der Waals surface area (Å²) in [6.07, 6.45) is -4.50. The van der Waals surface area contributed by atoms with E-state index in [0.717, 1.165) is 13.8 Å².